The van der Waals surface area contributed by atoms with Crippen molar-refractivity contribution < 1.29 is 9.13 Å². The van der Waals surface area contributed by atoms with Gasteiger partial charge < -0.3 is 19.9 Å². The quantitative estimate of drug-likeness (QED) is 0.835. The van der Waals surface area contributed by atoms with Crippen LogP contribution in [0.2, 0.25) is 0 Å². The zero-order chi connectivity index (χ0) is 18.9. The number of anilines is 2. The van der Waals surface area contributed by atoms with Crippen LogP contribution >= 0.6 is 0 Å². The van der Waals surface area contributed by atoms with E-state index in [1.807, 2.05) is 17.0 Å². The fourth-order valence-electron chi connectivity index (χ4n) is 5.66. The molecular formula is C21H32FN5O. The smallest absolute Gasteiger partial charge is 0.151 e. The van der Waals surface area contributed by atoms with Crippen molar-refractivity contribution in [3.8, 4) is 0 Å². The topological polar surface area (TPSA) is 53.5 Å². The SMILES string of the molecule is F[C@H]1CCN(c2ccc(NC3CC4CN(CC5CCOCC5)CC4C3)nn2)C1. The number of alkyl halides is 1. The molecule has 1 N–H and O–H groups in total. The van der Waals surface area contributed by atoms with Gasteiger partial charge in [0, 0.05) is 45.4 Å². The van der Waals surface area contributed by atoms with Crippen LogP contribution in [-0.4, -0.2) is 73.2 Å². The zero-order valence-electron chi connectivity index (χ0n) is 16.6. The van der Waals surface area contributed by atoms with E-state index >= 15 is 0 Å². The first kappa shape index (κ1) is 18.6. The van der Waals surface area contributed by atoms with Crippen molar-refractivity contribution in [2.75, 3.05) is 56.2 Å². The van der Waals surface area contributed by atoms with Gasteiger partial charge in [0.1, 0.15) is 12.0 Å². The number of nitrogens with zero attached hydrogens (tertiary/aromatic N) is 4. The second-order valence-corrected chi connectivity index (χ2v) is 9.22. The molecule has 7 heteroatoms. The van der Waals surface area contributed by atoms with Gasteiger partial charge in [0.2, 0.25) is 0 Å². The first-order valence-electron chi connectivity index (χ1n) is 11.0. The molecule has 2 unspecified atom stereocenters. The van der Waals surface area contributed by atoms with Crippen molar-refractivity contribution in [1.82, 2.24) is 15.1 Å². The van der Waals surface area contributed by atoms with Gasteiger partial charge in [-0.15, -0.1) is 10.2 Å². The van der Waals surface area contributed by atoms with E-state index in [1.165, 1.54) is 45.3 Å². The highest BCUT2D eigenvalue weighted by Crippen LogP contribution is 2.39. The molecule has 1 aromatic rings. The molecule has 1 aromatic heterocycles. The van der Waals surface area contributed by atoms with Gasteiger partial charge in [-0.1, -0.05) is 0 Å². The third-order valence-electron chi connectivity index (χ3n) is 7.14. The Morgan fingerprint density at radius 3 is 2.46 bits per heavy atom. The van der Waals surface area contributed by atoms with Crippen LogP contribution in [-0.2, 0) is 4.74 Å². The average Bonchev–Trinajstić information content (AvgIpc) is 3.38. The summed E-state index contributed by atoms with van der Waals surface area (Å²) in [6.07, 6.45) is 4.78. The lowest BCUT2D eigenvalue weighted by Crippen LogP contribution is -2.32. The zero-order valence-corrected chi connectivity index (χ0v) is 16.6. The number of halogens is 1. The molecule has 3 atom stereocenters. The number of likely N-dealkylation sites (tertiary alicyclic amines) is 1. The van der Waals surface area contributed by atoms with E-state index in [2.05, 4.69) is 20.4 Å². The van der Waals surface area contributed by atoms with Crippen LogP contribution in [0.1, 0.15) is 32.1 Å². The van der Waals surface area contributed by atoms with Gasteiger partial charge in [0.25, 0.3) is 0 Å². The molecule has 0 amide bonds. The Balaban J connectivity index is 1.09. The summed E-state index contributed by atoms with van der Waals surface area (Å²) in [5.74, 6) is 4.10. The van der Waals surface area contributed by atoms with Gasteiger partial charge in [-0.05, 0) is 62.0 Å². The van der Waals surface area contributed by atoms with Crippen molar-refractivity contribution in [2.45, 2.75) is 44.3 Å². The third-order valence-corrected chi connectivity index (χ3v) is 7.14. The maximum absolute atomic E-state index is 13.4. The van der Waals surface area contributed by atoms with Gasteiger partial charge in [-0.25, -0.2) is 4.39 Å². The van der Waals surface area contributed by atoms with Crippen LogP contribution in [0.25, 0.3) is 0 Å². The van der Waals surface area contributed by atoms with Crippen molar-refractivity contribution in [3.63, 3.8) is 0 Å². The highest BCUT2D eigenvalue weighted by Gasteiger charge is 2.41. The molecule has 5 rings (SSSR count). The summed E-state index contributed by atoms with van der Waals surface area (Å²) in [5.41, 5.74) is 0. The van der Waals surface area contributed by atoms with Crippen molar-refractivity contribution in [2.24, 2.45) is 17.8 Å². The minimum Gasteiger partial charge on any atom is -0.381 e. The molecule has 0 bridgehead atoms. The molecule has 4 heterocycles. The van der Waals surface area contributed by atoms with Gasteiger partial charge in [-0.2, -0.15) is 0 Å². The van der Waals surface area contributed by atoms with E-state index in [4.69, 9.17) is 4.74 Å². The fraction of sp³-hybridized carbons (Fsp3) is 0.810. The molecule has 154 valence electrons. The van der Waals surface area contributed by atoms with Crippen LogP contribution in [0.3, 0.4) is 0 Å². The standard InChI is InChI=1S/C21H32FN5O/c22-18-3-6-27(14-18)21-2-1-20(24-25-21)23-19-9-16-12-26(13-17(16)10-19)11-15-4-7-28-8-5-15/h1-2,15-19H,3-14H2,(H,23,24)/t16?,17?,18-,19?/m0/s1. The van der Waals surface area contributed by atoms with Crippen LogP contribution in [0.4, 0.5) is 16.0 Å². The number of ether oxygens (including phenoxy) is 1. The number of fused-ring (bicyclic) bond motifs is 1. The highest BCUT2D eigenvalue weighted by atomic mass is 19.1. The summed E-state index contributed by atoms with van der Waals surface area (Å²) < 4.78 is 18.9. The Bertz CT molecular complexity index is 639. The summed E-state index contributed by atoms with van der Waals surface area (Å²) in [6.45, 7) is 6.84. The molecular weight excluding hydrogens is 357 g/mol. The van der Waals surface area contributed by atoms with Gasteiger partial charge >= 0.3 is 0 Å². The predicted molar refractivity (Wildman–Crippen MR) is 107 cm³/mol. The lowest BCUT2D eigenvalue weighted by atomic mass is 10.00. The molecule has 6 nitrogen and oxygen atoms in total. The number of rotatable bonds is 5. The Hall–Kier alpha value is -1.47. The van der Waals surface area contributed by atoms with Crippen LogP contribution < -0.4 is 10.2 Å². The Kier molecular flexibility index (Phi) is 5.37. The first-order valence-corrected chi connectivity index (χ1v) is 11.0. The van der Waals surface area contributed by atoms with E-state index in [1.54, 1.807) is 0 Å². The summed E-state index contributed by atoms with van der Waals surface area (Å²) >= 11 is 0. The van der Waals surface area contributed by atoms with Crippen molar-refractivity contribution in [3.05, 3.63) is 12.1 Å². The molecule has 0 spiro atoms. The largest absolute Gasteiger partial charge is 0.381 e. The molecule has 28 heavy (non-hydrogen) atoms. The molecule has 3 saturated heterocycles. The minimum atomic E-state index is -0.733. The number of aromatic nitrogens is 2. The Morgan fingerprint density at radius 1 is 1.04 bits per heavy atom. The van der Waals surface area contributed by atoms with Gasteiger partial charge in [0.05, 0.1) is 6.54 Å². The van der Waals surface area contributed by atoms with E-state index in [0.29, 0.717) is 19.0 Å². The maximum atomic E-state index is 13.4. The predicted octanol–water partition coefficient (Wildman–Crippen LogP) is 2.57. The molecule has 0 radical (unpaired) electrons. The van der Waals surface area contributed by atoms with E-state index < -0.39 is 6.17 Å². The van der Waals surface area contributed by atoms with Crippen molar-refractivity contribution >= 4 is 11.6 Å². The molecule has 1 aliphatic carbocycles. The van der Waals surface area contributed by atoms with E-state index in [0.717, 1.165) is 49.1 Å². The first-order chi connectivity index (χ1) is 13.7. The van der Waals surface area contributed by atoms with Crippen LogP contribution in [0, 0.1) is 17.8 Å². The van der Waals surface area contributed by atoms with E-state index in [-0.39, 0.29) is 0 Å². The summed E-state index contributed by atoms with van der Waals surface area (Å²) in [7, 11) is 0. The molecule has 4 aliphatic rings. The summed E-state index contributed by atoms with van der Waals surface area (Å²) in [6, 6.07) is 4.47. The molecule has 4 fully saturated rings. The van der Waals surface area contributed by atoms with E-state index in [9.17, 15) is 4.39 Å². The van der Waals surface area contributed by atoms with Crippen molar-refractivity contribution in [1.29, 1.82) is 0 Å². The number of hydrogen-bond acceptors (Lipinski definition) is 6. The minimum absolute atomic E-state index is 0.442. The van der Waals surface area contributed by atoms with Crippen LogP contribution in [0.15, 0.2) is 12.1 Å². The third kappa shape index (κ3) is 4.10. The summed E-state index contributed by atoms with van der Waals surface area (Å²) in [4.78, 5) is 4.68. The van der Waals surface area contributed by atoms with Gasteiger partial charge in [0.15, 0.2) is 5.82 Å². The number of hydrogen-bond donors (Lipinski definition) is 1. The van der Waals surface area contributed by atoms with Crippen LogP contribution in [0.5, 0.6) is 0 Å². The van der Waals surface area contributed by atoms with Gasteiger partial charge in [-0.3, -0.25) is 0 Å². The number of nitrogens with one attached hydrogen (secondary N) is 1. The Morgan fingerprint density at radius 2 is 1.82 bits per heavy atom. The lowest BCUT2D eigenvalue weighted by Gasteiger charge is -2.27. The summed E-state index contributed by atoms with van der Waals surface area (Å²) in [5, 5.41) is 12.3. The highest BCUT2D eigenvalue weighted by molar-refractivity contribution is 5.45. The Labute approximate surface area is 166 Å². The second-order valence-electron chi connectivity index (χ2n) is 9.22. The second kappa shape index (κ2) is 8.11. The maximum Gasteiger partial charge on any atom is 0.151 e. The molecule has 3 aliphatic heterocycles. The fourth-order valence-corrected chi connectivity index (χ4v) is 5.66. The molecule has 1 saturated carbocycles. The normalized spacial score (nSPS) is 34.1. The molecule has 0 aromatic carbocycles. The monoisotopic (exact) mass is 389 g/mol. The lowest BCUT2D eigenvalue weighted by molar-refractivity contribution is 0.0545. The average molecular weight is 390 g/mol.